The van der Waals surface area contributed by atoms with Gasteiger partial charge in [0.05, 0.1) is 18.2 Å². The van der Waals surface area contributed by atoms with Gasteiger partial charge in [0.25, 0.3) is 5.91 Å². The molecule has 0 aromatic heterocycles. The first-order valence-electron chi connectivity index (χ1n) is 6.77. The Hall–Kier alpha value is -3.57. The van der Waals surface area contributed by atoms with Crippen molar-refractivity contribution in [2.75, 3.05) is 6.54 Å². The SMILES string of the molecule is N#Cc1cccc(C(=O)NCC#Cc2ccc(C(N)=O)cc2)c1. The highest BCUT2D eigenvalue weighted by molar-refractivity contribution is 5.94. The van der Waals surface area contributed by atoms with Gasteiger partial charge in [0, 0.05) is 16.7 Å². The van der Waals surface area contributed by atoms with Gasteiger partial charge in [0.2, 0.25) is 5.91 Å². The normalized spacial score (nSPS) is 9.17. The Balaban J connectivity index is 1.93. The maximum Gasteiger partial charge on any atom is 0.252 e. The third-order valence-electron chi connectivity index (χ3n) is 2.99. The van der Waals surface area contributed by atoms with Crippen LogP contribution in [0.2, 0.25) is 0 Å². The Kier molecular flexibility index (Phi) is 5.12. The summed E-state index contributed by atoms with van der Waals surface area (Å²) in [6.45, 7) is 0.174. The fourth-order valence-corrected chi connectivity index (χ4v) is 1.82. The molecule has 0 aliphatic carbocycles. The predicted octanol–water partition coefficient (Wildman–Crippen LogP) is 1.44. The second-order valence-electron chi connectivity index (χ2n) is 4.62. The fraction of sp³-hybridized carbons (Fsp3) is 0.0556. The summed E-state index contributed by atoms with van der Waals surface area (Å²) in [4.78, 5) is 22.9. The van der Waals surface area contributed by atoms with Crippen LogP contribution in [0.1, 0.15) is 31.8 Å². The molecule has 2 aromatic rings. The topological polar surface area (TPSA) is 96.0 Å². The highest BCUT2D eigenvalue weighted by atomic mass is 16.2. The van der Waals surface area contributed by atoms with Crippen LogP contribution in [0.3, 0.4) is 0 Å². The lowest BCUT2D eigenvalue weighted by Gasteiger charge is -2.01. The summed E-state index contributed by atoms with van der Waals surface area (Å²) in [7, 11) is 0. The highest BCUT2D eigenvalue weighted by Crippen LogP contribution is 2.04. The fourth-order valence-electron chi connectivity index (χ4n) is 1.82. The van der Waals surface area contributed by atoms with Crippen molar-refractivity contribution in [2.45, 2.75) is 0 Å². The van der Waals surface area contributed by atoms with E-state index in [-0.39, 0.29) is 12.5 Å². The van der Waals surface area contributed by atoms with Gasteiger partial charge in [-0.25, -0.2) is 0 Å². The third kappa shape index (κ3) is 4.45. The minimum atomic E-state index is -0.489. The standard InChI is InChI=1S/C18H13N3O2/c19-12-14-3-1-5-16(11-14)18(23)21-10-2-4-13-6-8-15(9-7-13)17(20)22/h1,3,5-9,11H,10H2,(H2,20,22)(H,21,23). The second kappa shape index (κ2) is 7.44. The van der Waals surface area contributed by atoms with E-state index in [9.17, 15) is 9.59 Å². The second-order valence-corrected chi connectivity index (χ2v) is 4.62. The lowest BCUT2D eigenvalue weighted by Crippen LogP contribution is -2.23. The monoisotopic (exact) mass is 303 g/mol. The molecular formula is C18H13N3O2. The van der Waals surface area contributed by atoms with E-state index in [1.807, 2.05) is 6.07 Å². The third-order valence-corrected chi connectivity index (χ3v) is 2.99. The molecule has 2 aromatic carbocycles. The largest absolute Gasteiger partial charge is 0.366 e. The molecule has 0 unspecified atom stereocenters. The Labute approximate surface area is 133 Å². The van der Waals surface area contributed by atoms with Crippen molar-refractivity contribution < 1.29 is 9.59 Å². The molecule has 0 saturated carbocycles. The first-order chi connectivity index (χ1) is 11.1. The molecule has 5 heteroatoms. The van der Waals surface area contributed by atoms with Crippen LogP contribution in [0.5, 0.6) is 0 Å². The molecule has 0 atom stereocenters. The van der Waals surface area contributed by atoms with E-state index >= 15 is 0 Å². The molecule has 5 nitrogen and oxygen atoms in total. The zero-order valence-electron chi connectivity index (χ0n) is 12.2. The summed E-state index contributed by atoms with van der Waals surface area (Å²) < 4.78 is 0. The average molecular weight is 303 g/mol. The van der Waals surface area contributed by atoms with Gasteiger partial charge < -0.3 is 11.1 Å². The summed E-state index contributed by atoms with van der Waals surface area (Å²) in [6, 6.07) is 15.0. The van der Waals surface area contributed by atoms with Gasteiger partial charge in [-0.1, -0.05) is 17.9 Å². The van der Waals surface area contributed by atoms with Gasteiger partial charge in [-0.2, -0.15) is 5.26 Å². The van der Waals surface area contributed by atoms with Gasteiger partial charge in [0.1, 0.15) is 0 Å². The van der Waals surface area contributed by atoms with Crippen molar-refractivity contribution in [1.29, 1.82) is 5.26 Å². The maximum atomic E-state index is 11.9. The number of amides is 2. The number of nitriles is 1. The van der Waals surface area contributed by atoms with Crippen LogP contribution in [-0.4, -0.2) is 18.4 Å². The maximum absolute atomic E-state index is 11.9. The van der Waals surface area contributed by atoms with Crippen LogP contribution in [0.15, 0.2) is 48.5 Å². The molecule has 0 saturated heterocycles. The van der Waals surface area contributed by atoms with Crippen LogP contribution >= 0.6 is 0 Å². The number of primary amides is 1. The Bertz CT molecular complexity index is 837. The Morgan fingerprint density at radius 3 is 2.43 bits per heavy atom. The van der Waals surface area contributed by atoms with Gasteiger partial charge in [-0.05, 0) is 42.5 Å². The highest BCUT2D eigenvalue weighted by Gasteiger charge is 2.04. The Morgan fingerprint density at radius 1 is 1.04 bits per heavy atom. The number of nitrogens with zero attached hydrogens (tertiary/aromatic N) is 1. The zero-order chi connectivity index (χ0) is 16.7. The summed E-state index contributed by atoms with van der Waals surface area (Å²) >= 11 is 0. The summed E-state index contributed by atoms with van der Waals surface area (Å²) in [5.41, 5.74) is 7.13. The summed E-state index contributed by atoms with van der Waals surface area (Å²) in [5.74, 6) is 4.91. The molecule has 0 aliphatic heterocycles. The van der Waals surface area contributed by atoms with Crippen LogP contribution < -0.4 is 11.1 Å². The smallest absolute Gasteiger partial charge is 0.252 e. The van der Waals surface area contributed by atoms with Crippen LogP contribution in [0, 0.1) is 23.2 Å². The molecular weight excluding hydrogens is 290 g/mol. The predicted molar refractivity (Wildman–Crippen MR) is 85.3 cm³/mol. The number of benzene rings is 2. The van der Waals surface area contributed by atoms with Crippen LogP contribution in [-0.2, 0) is 0 Å². The first kappa shape index (κ1) is 15.8. The van der Waals surface area contributed by atoms with Crippen molar-refractivity contribution in [3.8, 4) is 17.9 Å². The molecule has 23 heavy (non-hydrogen) atoms. The van der Waals surface area contributed by atoms with E-state index in [4.69, 9.17) is 11.0 Å². The molecule has 0 spiro atoms. The average Bonchev–Trinajstić information content (AvgIpc) is 2.59. The molecule has 3 N–H and O–H groups in total. The zero-order valence-corrected chi connectivity index (χ0v) is 12.2. The van der Waals surface area contributed by atoms with Crippen molar-refractivity contribution in [1.82, 2.24) is 5.32 Å². The van der Waals surface area contributed by atoms with Gasteiger partial charge in [-0.15, -0.1) is 0 Å². The molecule has 2 amide bonds. The quantitative estimate of drug-likeness (QED) is 0.840. The van der Waals surface area contributed by atoms with Crippen molar-refractivity contribution >= 4 is 11.8 Å². The molecule has 0 fully saturated rings. The molecule has 112 valence electrons. The van der Waals surface area contributed by atoms with Gasteiger partial charge in [0.15, 0.2) is 0 Å². The number of hydrogen-bond donors (Lipinski definition) is 2. The molecule has 0 aliphatic rings. The molecule has 0 radical (unpaired) electrons. The van der Waals surface area contributed by atoms with Gasteiger partial charge in [-0.3, -0.25) is 9.59 Å². The number of rotatable bonds is 3. The Morgan fingerprint density at radius 2 is 1.78 bits per heavy atom. The molecule has 0 bridgehead atoms. The number of carbonyl (C=O) groups is 2. The lowest BCUT2D eigenvalue weighted by molar-refractivity contribution is 0.0957. The van der Waals surface area contributed by atoms with E-state index in [2.05, 4.69) is 17.2 Å². The molecule has 2 rings (SSSR count). The summed E-state index contributed by atoms with van der Waals surface area (Å²) in [5, 5.41) is 11.5. The van der Waals surface area contributed by atoms with E-state index in [0.717, 1.165) is 5.56 Å². The number of nitrogens with two attached hydrogens (primary N) is 1. The van der Waals surface area contributed by atoms with E-state index in [1.54, 1.807) is 42.5 Å². The van der Waals surface area contributed by atoms with Crippen molar-refractivity contribution in [3.63, 3.8) is 0 Å². The minimum absolute atomic E-state index is 0.174. The lowest BCUT2D eigenvalue weighted by atomic mass is 10.1. The van der Waals surface area contributed by atoms with E-state index in [0.29, 0.717) is 16.7 Å². The van der Waals surface area contributed by atoms with E-state index < -0.39 is 5.91 Å². The minimum Gasteiger partial charge on any atom is -0.366 e. The number of carbonyl (C=O) groups excluding carboxylic acids is 2. The molecule has 0 heterocycles. The van der Waals surface area contributed by atoms with Crippen LogP contribution in [0.25, 0.3) is 0 Å². The van der Waals surface area contributed by atoms with Crippen LogP contribution in [0.4, 0.5) is 0 Å². The summed E-state index contributed by atoms with van der Waals surface area (Å²) in [6.07, 6.45) is 0. The van der Waals surface area contributed by atoms with Crippen molar-refractivity contribution in [2.24, 2.45) is 5.73 Å². The first-order valence-corrected chi connectivity index (χ1v) is 6.77. The number of nitrogens with one attached hydrogen (secondary N) is 1. The van der Waals surface area contributed by atoms with Gasteiger partial charge >= 0.3 is 0 Å². The van der Waals surface area contributed by atoms with Crippen molar-refractivity contribution in [3.05, 3.63) is 70.8 Å². The number of hydrogen-bond acceptors (Lipinski definition) is 3. The van der Waals surface area contributed by atoms with E-state index in [1.165, 1.54) is 6.07 Å².